The number of hydrogen-bond acceptors (Lipinski definition) is 3. The second kappa shape index (κ2) is 22.1. The average molecular weight is 499 g/mol. The van der Waals surface area contributed by atoms with E-state index in [1.165, 1.54) is 103 Å². The molecule has 2 unspecified atom stereocenters. The van der Waals surface area contributed by atoms with Gasteiger partial charge in [0.1, 0.15) is 6.54 Å². The molecule has 0 heterocycles. The molecule has 0 bridgehead atoms. The number of likely N-dealkylation sites (N-methyl/N-ethyl adjacent to an activating group) is 1. The fourth-order valence-corrected chi connectivity index (χ4v) is 4.79. The lowest BCUT2D eigenvalue weighted by molar-refractivity contribution is -0.873. The summed E-state index contributed by atoms with van der Waals surface area (Å²) in [7, 11) is 5.92. The predicted octanol–water partition coefficient (Wildman–Crippen LogP) is 8.15. The van der Waals surface area contributed by atoms with Crippen molar-refractivity contribution in [3.8, 4) is 0 Å². The lowest BCUT2D eigenvalue weighted by Crippen LogP contribution is -2.43. The van der Waals surface area contributed by atoms with Gasteiger partial charge in [-0.25, -0.2) is 0 Å². The van der Waals surface area contributed by atoms with Crippen LogP contribution in [0, 0.1) is 5.92 Å². The largest absolute Gasteiger partial charge is 0.481 e. The Balaban J connectivity index is 3.54. The first-order valence-electron chi connectivity index (χ1n) is 14.9. The Labute approximate surface area is 218 Å². The van der Waals surface area contributed by atoms with Crippen LogP contribution >= 0.6 is 0 Å². The van der Waals surface area contributed by atoms with Crippen molar-refractivity contribution in [1.29, 1.82) is 0 Å². The van der Waals surface area contributed by atoms with Crippen molar-refractivity contribution in [2.75, 3.05) is 27.7 Å². The van der Waals surface area contributed by atoms with Gasteiger partial charge >= 0.3 is 11.9 Å². The maximum atomic E-state index is 12.1. The van der Waals surface area contributed by atoms with Crippen LogP contribution in [0.15, 0.2) is 0 Å². The molecule has 0 aliphatic rings. The topological polar surface area (TPSA) is 63.6 Å². The molecule has 0 saturated heterocycles. The normalized spacial score (nSPS) is 13.5. The summed E-state index contributed by atoms with van der Waals surface area (Å²) in [6, 6.07) is 0. The number of carboxylic acid groups (broad SMARTS) is 1. The molecule has 0 aliphatic carbocycles. The van der Waals surface area contributed by atoms with Crippen LogP contribution < -0.4 is 0 Å². The third-order valence-corrected chi connectivity index (χ3v) is 6.83. The number of rotatable bonds is 25. The van der Waals surface area contributed by atoms with Gasteiger partial charge in [-0.15, -0.1) is 0 Å². The van der Waals surface area contributed by atoms with Gasteiger partial charge in [-0.1, -0.05) is 123 Å². The van der Waals surface area contributed by atoms with Crippen molar-refractivity contribution in [3.05, 3.63) is 0 Å². The van der Waals surface area contributed by atoms with E-state index in [0.717, 1.165) is 18.8 Å². The first-order valence-corrected chi connectivity index (χ1v) is 14.9. The summed E-state index contributed by atoms with van der Waals surface area (Å²) in [6.07, 6.45) is 23.4. The van der Waals surface area contributed by atoms with Gasteiger partial charge in [0.15, 0.2) is 6.10 Å². The Morgan fingerprint density at radius 3 is 1.57 bits per heavy atom. The Hall–Kier alpha value is -1.10. The molecule has 0 aliphatic heterocycles. The minimum Gasteiger partial charge on any atom is -0.481 e. The monoisotopic (exact) mass is 498 g/mol. The van der Waals surface area contributed by atoms with E-state index in [0.29, 0.717) is 17.4 Å². The molecule has 0 radical (unpaired) electrons. The molecule has 5 nitrogen and oxygen atoms in total. The third kappa shape index (κ3) is 25.8. The van der Waals surface area contributed by atoms with E-state index in [1.807, 2.05) is 21.1 Å². The van der Waals surface area contributed by atoms with Gasteiger partial charge in [-0.2, -0.15) is 0 Å². The van der Waals surface area contributed by atoms with Crippen LogP contribution in [0.3, 0.4) is 0 Å². The first kappa shape index (κ1) is 33.9. The molecule has 0 aromatic carbocycles. The molecule has 35 heavy (non-hydrogen) atoms. The summed E-state index contributed by atoms with van der Waals surface area (Å²) in [5.74, 6) is -0.278. The summed E-state index contributed by atoms with van der Waals surface area (Å²) >= 11 is 0. The quantitative estimate of drug-likeness (QED) is 0.0783. The van der Waals surface area contributed by atoms with Crippen molar-refractivity contribution >= 4 is 11.9 Å². The maximum Gasteiger partial charge on any atom is 0.307 e. The van der Waals surface area contributed by atoms with E-state index in [1.54, 1.807) is 0 Å². The summed E-state index contributed by atoms with van der Waals surface area (Å²) in [5, 5.41) is 9.05. The molecule has 0 fully saturated rings. The standard InChI is InChI=1S/C30H59NO4/c1-6-7-8-9-16-19-22-27(2)23-20-17-14-12-10-11-13-15-18-21-24-30(34)35-28(25-29(32)33)26-31(3,4)5/h27-28H,6-26H2,1-5H3/p+1. The number of aliphatic carboxylic acids is 1. The van der Waals surface area contributed by atoms with Crippen LogP contribution in [0.2, 0.25) is 0 Å². The van der Waals surface area contributed by atoms with Crippen molar-refractivity contribution < 1.29 is 23.9 Å². The van der Waals surface area contributed by atoms with E-state index in [2.05, 4.69) is 13.8 Å². The molecule has 5 heteroatoms. The smallest absolute Gasteiger partial charge is 0.307 e. The van der Waals surface area contributed by atoms with Crippen LogP contribution in [-0.2, 0) is 14.3 Å². The average Bonchev–Trinajstić information content (AvgIpc) is 2.75. The highest BCUT2D eigenvalue weighted by molar-refractivity contribution is 5.71. The number of hydrogen-bond donors (Lipinski definition) is 1. The van der Waals surface area contributed by atoms with Crippen molar-refractivity contribution in [2.24, 2.45) is 5.92 Å². The van der Waals surface area contributed by atoms with E-state index in [4.69, 9.17) is 9.84 Å². The van der Waals surface area contributed by atoms with Crippen LogP contribution in [0.4, 0.5) is 0 Å². The molecule has 2 atom stereocenters. The molecule has 0 amide bonds. The molecule has 208 valence electrons. The third-order valence-electron chi connectivity index (χ3n) is 6.83. The summed E-state index contributed by atoms with van der Waals surface area (Å²) in [4.78, 5) is 23.1. The Kier molecular flexibility index (Phi) is 21.4. The van der Waals surface area contributed by atoms with Gasteiger partial charge < -0.3 is 14.3 Å². The Morgan fingerprint density at radius 1 is 0.714 bits per heavy atom. The zero-order valence-electron chi connectivity index (χ0n) is 24.1. The fourth-order valence-electron chi connectivity index (χ4n) is 4.79. The number of esters is 1. The highest BCUT2D eigenvalue weighted by Crippen LogP contribution is 2.19. The number of quaternary nitrogens is 1. The molecular formula is C30H60NO4+. The fraction of sp³-hybridized carbons (Fsp3) is 0.933. The van der Waals surface area contributed by atoms with E-state index in [-0.39, 0.29) is 12.4 Å². The minimum atomic E-state index is -0.922. The minimum absolute atomic E-state index is 0.126. The zero-order chi connectivity index (χ0) is 26.4. The molecule has 0 aromatic rings. The van der Waals surface area contributed by atoms with E-state index < -0.39 is 12.1 Å². The van der Waals surface area contributed by atoms with E-state index in [9.17, 15) is 9.59 Å². The van der Waals surface area contributed by atoms with Gasteiger partial charge in [-0.3, -0.25) is 9.59 Å². The number of carbonyl (C=O) groups is 2. The summed E-state index contributed by atoms with van der Waals surface area (Å²) in [5.41, 5.74) is 0. The molecule has 0 spiro atoms. The first-order chi connectivity index (χ1) is 16.6. The number of carboxylic acids is 1. The number of ether oxygens (including phenoxy) is 1. The number of carbonyl (C=O) groups excluding carboxylic acids is 1. The van der Waals surface area contributed by atoms with E-state index >= 15 is 0 Å². The van der Waals surface area contributed by atoms with Gasteiger partial charge in [-0.05, 0) is 12.3 Å². The van der Waals surface area contributed by atoms with Crippen molar-refractivity contribution in [3.63, 3.8) is 0 Å². The second-order valence-corrected chi connectivity index (χ2v) is 11.9. The van der Waals surface area contributed by atoms with Crippen LogP contribution in [0.25, 0.3) is 0 Å². The van der Waals surface area contributed by atoms with Gasteiger partial charge in [0.25, 0.3) is 0 Å². The van der Waals surface area contributed by atoms with Crippen LogP contribution in [0.1, 0.15) is 142 Å². The second-order valence-electron chi connectivity index (χ2n) is 11.9. The number of nitrogens with zero attached hydrogens (tertiary/aromatic N) is 1. The maximum absolute atomic E-state index is 12.1. The molecule has 0 rings (SSSR count). The SMILES string of the molecule is CCCCCCCCC(C)CCCCCCCCCCCCC(=O)OC(CC(=O)O)C[N+](C)(C)C. The van der Waals surface area contributed by atoms with Crippen LogP contribution in [-0.4, -0.2) is 55.3 Å². The van der Waals surface area contributed by atoms with Crippen molar-refractivity contribution in [2.45, 2.75) is 148 Å². The van der Waals surface area contributed by atoms with Gasteiger partial charge in [0, 0.05) is 6.42 Å². The lowest BCUT2D eigenvalue weighted by Gasteiger charge is -2.28. The summed E-state index contributed by atoms with van der Waals surface area (Å²) in [6.45, 7) is 5.23. The lowest BCUT2D eigenvalue weighted by atomic mass is 9.96. The molecule has 1 N–H and O–H groups in total. The summed E-state index contributed by atoms with van der Waals surface area (Å²) < 4.78 is 6.02. The highest BCUT2D eigenvalue weighted by Gasteiger charge is 2.24. The molecule has 0 saturated carbocycles. The predicted molar refractivity (Wildman–Crippen MR) is 148 cm³/mol. The Morgan fingerprint density at radius 2 is 1.14 bits per heavy atom. The molecule has 0 aromatic heterocycles. The van der Waals surface area contributed by atoms with Crippen molar-refractivity contribution in [1.82, 2.24) is 0 Å². The van der Waals surface area contributed by atoms with Gasteiger partial charge in [0.2, 0.25) is 0 Å². The highest BCUT2D eigenvalue weighted by atomic mass is 16.5. The van der Waals surface area contributed by atoms with Crippen LogP contribution in [0.5, 0.6) is 0 Å². The number of unbranched alkanes of at least 4 members (excludes halogenated alkanes) is 14. The van der Waals surface area contributed by atoms with Gasteiger partial charge in [0.05, 0.1) is 27.6 Å². The molecular weight excluding hydrogens is 438 g/mol. The zero-order valence-corrected chi connectivity index (χ0v) is 24.1. The Bertz CT molecular complexity index is 515.